The van der Waals surface area contributed by atoms with Crippen molar-refractivity contribution in [1.29, 1.82) is 0 Å². The van der Waals surface area contributed by atoms with Gasteiger partial charge < -0.3 is 31.1 Å². The first kappa shape index (κ1) is 40.0. The minimum absolute atomic E-state index is 0.0612. The molecule has 0 radical (unpaired) electrons. The molecule has 47 heavy (non-hydrogen) atoms. The van der Waals surface area contributed by atoms with Crippen molar-refractivity contribution in [2.45, 2.75) is 138 Å². The molecule has 0 aromatic carbocycles. The average molecular weight is 663 g/mol. The molecule has 2 rings (SSSR count). The lowest BCUT2D eigenvalue weighted by Gasteiger charge is -2.39. The second kappa shape index (κ2) is 17.3. The molecule has 0 aromatic rings. The van der Waals surface area contributed by atoms with Gasteiger partial charge in [0.2, 0.25) is 23.5 Å². The summed E-state index contributed by atoms with van der Waals surface area (Å²) < 4.78 is 0. The molecule has 1 unspecified atom stereocenters. The van der Waals surface area contributed by atoms with Crippen molar-refractivity contribution in [3.63, 3.8) is 0 Å². The lowest BCUT2D eigenvalue weighted by molar-refractivity contribution is -0.144. The summed E-state index contributed by atoms with van der Waals surface area (Å²) in [5.41, 5.74) is -1.07. The SMILES string of the molecule is CCCCC(NC(=O)[C@@H]1[C@@H](C(C)C)CCN1C(=O)[C@@H](NC(=O)N[C@H](CN1CCCCC1=O)C(C)(C)C)C(C)(C)C)C(=O)C(=O)NCC. The normalized spacial score (nSPS) is 20.8. The molecule has 2 aliphatic rings. The zero-order chi connectivity index (χ0) is 35.7. The van der Waals surface area contributed by atoms with Gasteiger partial charge in [-0.1, -0.05) is 75.2 Å². The number of ketones is 1. The highest BCUT2D eigenvalue weighted by Crippen LogP contribution is 2.33. The van der Waals surface area contributed by atoms with Crippen LogP contribution in [0.2, 0.25) is 0 Å². The first-order valence-electron chi connectivity index (χ1n) is 17.6. The Balaban J connectivity index is 2.32. The lowest BCUT2D eigenvalue weighted by Crippen LogP contribution is -2.62. The van der Waals surface area contributed by atoms with Crippen LogP contribution in [-0.2, 0) is 24.0 Å². The van der Waals surface area contributed by atoms with E-state index < -0.39 is 47.2 Å². The summed E-state index contributed by atoms with van der Waals surface area (Å²) in [6.07, 6.45) is 4.63. The average Bonchev–Trinajstić information content (AvgIpc) is 3.43. The van der Waals surface area contributed by atoms with Crippen molar-refractivity contribution in [1.82, 2.24) is 31.1 Å². The first-order chi connectivity index (χ1) is 21.8. The highest BCUT2D eigenvalue weighted by Gasteiger charge is 2.48. The van der Waals surface area contributed by atoms with Gasteiger partial charge in [0.25, 0.3) is 5.91 Å². The molecule has 268 valence electrons. The molecule has 2 fully saturated rings. The van der Waals surface area contributed by atoms with Crippen molar-refractivity contribution in [2.75, 3.05) is 26.2 Å². The summed E-state index contributed by atoms with van der Waals surface area (Å²) in [5, 5.41) is 11.3. The quantitative estimate of drug-likeness (QED) is 0.209. The summed E-state index contributed by atoms with van der Waals surface area (Å²) in [5.74, 6) is -2.32. The number of nitrogens with one attached hydrogen (secondary N) is 4. The summed E-state index contributed by atoms with van der Waals surface area (Å²) in [4.78, 5) is 83.2. The van der Waals surface area contributed by atoms with Crippen molar-refractivity contribution < 1.29 is 28.8 Å². The van der Waals surface area contributed by atoms with Gasteiger partial charge in [0.05, 0.1) is 12.1 Å². The van der Waals surface area contributed by atoms with Gasteiger partial charge in [-0.15, -0.1) is 0 Å². The van der Waals surface area contributed by atoms with E-state index >= 15 is 0 Å². The summed E-state index contributed by atoms with van der Waals surface area (Å²) in [7, 11) is 0. The number of hydrogen-bond acceptors (Lipinski definition) is 6. The van der Waals surface area contributed by atoms with Crippen molar-refractivity contribution in [3.05, 3.63) is 0 Å². The highest BCUT2D eigenvalue weighted by molar-refractivity contribution is 6.38. The molecule has 12 nitrogen and oxygen atoms in total. The molecular weight excluding hydrogens is 600 g/mol. The third-order valence-corrected chi connectivity index (χ3v) is 9.46. The van der Waals surface area contributed by atoms with Crippen LogP contribution < -0.4 is 21.3 Å². The second-order valence-corrected chi connectivity index (χ2v) is 15.7. The van der Waals surface area contributed by atoms with Crippen molar-refractivity contribution in [3.8, 4) is 0 Å². The molecule has 0 bridgehead atoms. The van der Waals surface area contributed by atoms with Crippen LogP contribution in [0.4, 0.5) is 4.79 Å². The number of carbonyl (C=O) groups excluding carboxylic acids is 6. The lowest BCUT2D eigenvalue weighted by atomic mass is 9.84. The molecule has 12 heteroatoms. The van der Waals surface area contributed by atoms with Crippen LogP contribution in [0, 0.1) is 22.7 Å². The number of amides is 6. The minimum atomic E-state index is -0.997. The number of carbonyl (C=O) groups is 6. The Morgan fingerprint density at radius 1 is 0.894 bits per heavy atom. The van der Waals surface area contributed by atoms with Gasteiger partial charge in [0.1, 0.15) is 12.1 Å². The number of nitrogens with zero attached hydrogens (tertiary/aromatic N) is 2. The summed E-state index contributed by atoms with van der Waals surface area (Å²) >= 11 is 0. The molecule has 2 saturated heterocycles. The maximum Gasteiger partial charge on any atom is 0.315 e. The fourth-order valence-electron chi connectivity index (χ4n) is 6.39. The molecule has 2 aliphatic heterocycles. The molecule has 5 atom stereocenters. The molecule has 4 N–H and O–H groups in total. The number of unbranched alkanes of at least 4 members (excludes halogenated alkanes) is 1. The van der Waals surface area contributed by atoms with Crippen LogP contribution in [0.3, 0.4) is 0 Å². The first-order valence-corrected chi connectivity index (χ1v) is 17.6. The number of likely N-dealkylation sites (N-methyl/N-ethyl adjacent to an activating group) is 1. The number of Topliss-reactive ketones (excluding diaryl/α,β-unsaturated/α-hetero) is 1. The fraction of sp³-hybridized carbons (Fsp3) is 0.829. The van der Waals surface area contributed by atoms with Gasteiger partial charge in [0, 0.05) is 32.6 Å². The summed E-state index contributed by atoms with van der Waals surface area (Å²) in [6, 6.07) is -3.71. The van der Waals surface area contributed by atoms with Gasteiger partial charge in [-0.2, -0.15) is 0 Å². The Kier molecular flexibility index (Phi) is 14.7. The maximum absolute atomic E-state index is 14.4. The van der Waals surface area contributed by atoms with Crippen LogP contribution in [0.1, 0.15) is 114 Å². The predicted molar refractivity (Wildman–Crippen MR) is 182 cm³/mol. The maximum atomic E-state index is 14.4. The van der Waals surface area contributed by atoms with Crippen molar-refractivity contribution >= 4 is 35.4 Å². The Morgan fingerprint density at radius 2 is 1.55 bits per heavy atom. The van der Waals surface area contributed by atoms with E-state index in [1.807, 2.05) is 62.3 Å². The van der Waals surface area contributed by atoms with E-state index in [0.29, 0.717) is 51.9 Å². The third-order valence-electron chi connectivity index (χ3n) is 9.46. The second-order valence-electron chi connectivity index (χ2n) is 15.7. The zero-order valence-electron chi connectivity index (χ0n) is 30.6. The molecule has 0 aliphatic carbocycles. The smallest absolute Gasteiger partial charge is 0.315 e. The van der Waals surface area contributed by atoms with E-state index in [1.165, 1.54) is 4.90 Å². The molecule has 0 aromatic heterocycles. The van der Waals surface area contributed by atoms with Crippen LogP contribution in [-0.4, -0.2) is 95.6 Å². The van der Waals surface area contributed by atoms with E-state index in [2.05, 4.69) is 21.3 Å². The van der Waals surface area contributed by atoms with Crippen LogP contribution in [0.15, 0.2) is 0 Å². The van der Waals surface area contributed by atoms with Crippen LogP contribution in [0.5, 0.6) is 0 Å². The molecule has 0 spiro atoms. The number of hydrogen-bond donors (Lipinski definition) is 4. The van der Waals surface area contributed by atoms with Crippen LogP contribution >= 0.6 is 0 Å². The van der Waals surface area contributed by atoms with E-state index in [1.54, 1.807) is 11.8 Å². The standard InChI is InChI=1S/C35H62N6O6/c1-11-13-16-24(28(43)31(45)36-12-2)37-30(44)27-23(22(3)4)18-20-41(27)32(46)29(35(8,9)10)39-33(47)38-25(34(5,6)7)21-40-19-15-14-17-26(40)42/h22-25,27,29H,11-21H2,1-10H3,(H,36,45)(H,37,44)(H2,38,39,47)/t23-,24?,25-,27+,29-/m1/s1. The monoisotopic (exact) mass is 662 g/mol. The summed E-state index contributed by atoms with van der Waals surface area (Å²) in [6.45, 7) is 20.9. The Morgan fingerprint density at radius 3 is 2.09 bits per heavy atom. The minimum Gasteiger partial charge on any atom is -0.350 e. The third kappa shape index (κ3) is 11.2. The molecule has 6 amide bonds. The largest absolute Gasteiger partial charge is 0.350 e. The molecular formula is C35H62N6O6. The number of piperidine rings is 1. The zero-order valence-corrected chi connectivity index (χ0v) is 30.6. The Hall–Kier alpha value is -3.18. The molecule has 0 saturated carbocycles. The number of urea groups is 1. The van der Waals surface area contributed by atoms with Crippen molar-refractivity contribution in [2.24, 2.45) is 22.7 Å². The Bertz CT molecular complexity index is 1130. The number of likely N-dealkylation sites (tertiary alicyclic amines) is 2. The van der Waals surface area contributed by atoms with Gasteiger partial charge in [-0.05, 0) is 55.3 Å². The fourth-order valence-corrected chi connectivity index (χ4v) is 6.39. The van der Waals surface area contributed by atoms with Gasteiger partial charge in [0.15, 0.2) is 0 Å². The van der Waals surface area contributed by atoms with E-state index in [-0.39, 0.29) is 35.1 Å². The number of rotatable bonds is 14. The van der Waals surface area contributed by atoms with Gasteiger partial charge >= 0.3 is 6.03 Å². The van der Waals surface area contributed by atoms with Crippen LogP contribution in [0.25, 0.3) is 0 Å². The van der Waals surface area contributed by atoms with E-state index in [0.717, 1.165) is 19.3 Å². The Labute approximate surface area is 282 Å². The van der Waals surface area contributed by atoms with Gasteiger partial charge in [-0.25, -0.2) is 4.79 Å². The van der Waals surface area contributed by atoms with Gasteiger partial charge in [-0.3, -0.25) is 24.0 Å². The predicted octanol–water partition coefficient (Wildman–Crippen LogP) is 3.38. The highest BCUT2D eigenvalue weighted by atomic mass is 16.2. The topological polar surface area (TPSA) is 157 Å². The van der Waals surface area contributed by atoms with E-state index in [4.69, 9.17) is 0 Å². The van der Waals surface area contributed by atoms with E-state index in [9.17, 15) is 28.8 Å². The molecule has 2 heterocycles.